The number of nitrogens with one attached hydrogen (secondary N) is 2. The number of carbonyl (C=O) groups is 1. The molecule has 0 amide bonds. The average molecular weight is 407 g/mol. The van der Waals surface area contributed by atoms with E-state index in [0.29, 0.717) is 17.2 Å². The summed E-state index contributed by atoms with van der Waals surface area (Å²) in [5, 5.41) is 21.7. The molecule has 1 unspecified atom stereocenters. The molecule has 0 aliphatic rings. The van der Waals surface area contributed by atoms with E-state index >= 15 is 0 Å². The number of carbonyl (C=O) groups excluding carboxylic acids is 1. The highest BCUT2D eigenvalue weighted by atomic mass is 19.1. The number of halogens is 1. The molecule has 0 radical (unpaired) electrons. The topological polar surface area (TPSA) is 113 Å². The van der Waals surface area contributed by atoms with Crippen LogP contribution in [0.4, 0.5) is 16.0 Å². The molecule has 8 nitrogen and oxygen atoms in total. The van der Waals surface area contributed by atoms with E-state index in [-0.39, 0.29) is 17.1 Å². The Morgan fingerprint density at radius 3 is 2.73 bits per heavy atom. The van der Waals surface area contributed by atoms with Crippen molar-refractivity contribution in [1.29, 1.82) is 0 Å². The summed E-state index contributed by atoms with van der Waals surface area (Å²) in [5.74, 6) is -0.520. The van der Waals surface area contributed by atoms with Crippen LogP contribution in [-0.2, 0) is 4.79 Å². The molecule has 2 aromatic heterocycles. The van der Waals surface area contributed by atoms with Gasteiger partial charge in [-0.3, -0.25) is 9.89 Å². The summed E-state index contributed by atoms with van der Waals surface area (Å²) in [5.41, 5.74) is 1.77. The standard InChI is InChI=1S/C21H18FN5O3/c1-11-9-18(27-26-11)24-20-14-5-3-4-6-16(14)23-21(25-20)19(29)13-7-8-15(22)17(10-13)30-12(2)28/h3-10,19,29H,1-2H3,(H2,23,24,25,26,27). The second-order valence-corrected chi connectivity index (χ2v) is 6.69. The SMILES string of the molecule is CC(=O)Oc1cc(C(O)c2nc(Nc3cc(C)[nH]n3)c3ccccc3n2)ccc1F. The maximum Gasteiger partial charge on any atom is 0.308 e. The van der Waals surface area contributed by atoms with Gasteiger partial charge in [-0.1, -0.05) is 18.2 Å². The first-order chi connectivity index (χ1) is 14.4. The Balaban J connectivity index is 1.76. The third kappa shape index (κ3) is 3.96. The fourth-order valence-electron chi connectivity index (χ4n) is 2.99. The number of ether oxygens (including phenoxy) is 1. The van der Waals surface area contributed by atoms with Crippen LogP contribution in [0.25, 0.3) is 10.9 Å². The Kier molecular flexibility index (Phi) is 5.11. The lowest BCUT2D eigenvalue weighted by molar-refractivity contribution is -0.132. The van der Waals surface area contributed by atoms with Crippen molar-refractivity contribution in [2.45, 2.75) is 20.0 Å². The molecule has 4 aromatic rings. The number of aliphatic hydroxyl groups excluding tert-OH is 1. The summed E-state index contributed by atoms with van der Waals surface area (Å²) >= 11 is 0. The minimum atomic E-state index is -1.27. The van der Waals surface area contributed by atoms with Crippen molar-refractivity contribution in [3.63, 3.8) is 0 Å². The number of aromatic amines is 1. The molecular weight excluding hydrogens is 389 g/mol. The fourth-order valence-corrected chi connectivity index (χ4v) is 2.99. The lowest BCUT2D eigenvalue weighted by Gasteiger charge is -2.14. The molecule has 0 bridgehead atoms. The largest absolute Gasteiger partial charge is 0.424 e. The van der Waals surface area contributed by atoms with E-state index in [1.165, 1.54) is 19.1 Å². The predicted octanol–water partition coefficient (Wildman–Crippen LogP) is 3.55. The second kappa shape index (κ2) is 7.88. The Bertz CT molecular complexity index is 1240. The third-order valence-corrected chi connectivity index (χ3v) is 4.34. The highest BCUT2D eigenvalue weighted by molar-refractivity contribution is 5.90. The van der Waals surface area contributed by atoms with E-state index in [2.05, 4.69) is 25.5 Å². The van der Waals surface area contributed by atoms with Crippen LogP contribution in [0.5, 0.6) is 5.75 Å². The van der Waals surface area contributed by atoms with Crippen molar-refractivity contribution >= 4 is 28.5 Å². The second-order valence-electron chi connectivity index (χ2n) is 6.69. The molecule has 1 atom stereocenters. The van der Waals surface area contributed by atoms with Crippen molar-refractivity contribution < 1.29 is 19.0 Å². The Hall–Kier alpha value is -3.85. The first-order valence-electron chi connectivity index (χ1n) is 9.12. The summed E-state index contributed by atoms with van der Waals surface area (Å²) in [6, 6.07) is 12.9. The van der Waals surface area contributed by atoms with E-state index in [1.54, 1.807) is 6.07 Å². The molecule has 0 saturated heterocycles. The number of anilines is 2. The number of esters is 1. The maximum absolute atomic E-state index is 13.9. The van der Waals surface area contributed by atoms with E-state index in [4.69, 9.17) is 4.74 Å². The van der Waals surface area contributed by atoms with Crippen molar-refractivity contribution in [3.05, 3.63) is 71.4 Å². The van der Waals surface area contributed by atoms with Crippen LogP contribution in [0.15, 0.2) is 48.5 Å². The van der Waals surface area contributed by atoms with Crippen molar-refractivity contribution in [1.82, 2.24) is 20.2 Å². The summed E-state index contributed by atoms with van der Waals surface area (Å²) in [7, 11) is 0. The number of para-hydroxylation sites is 1. The molecule has 0 spiro atoms. The van der Waals surface area contributed by atoms with Gasteiger partial charge in [-0.25, -0.2) is 14.4 Å². The molecule has 9 heteroatoms. The average Bonchev–Trinajstić information content (AvgIpc) is 3.13. The zero-order valence-electron chi connectivity index (χ0n) is 16.2. The lowest BCUT2D eigenvalue weighted by Crippen LogP contribution is -2.09. The Labute approximate surface area is 170 Å². The van der Waals surface area contributed by atoms with E-state index in [9.17, 15) is 14.3 Å². The number of rotatable bonds is 5. The van der Waals surface area contributed by atoms with Crippen LogP contribution in [0.2, 0.25) is 0 Å². The quantitative estimate of drug-likeness (QED) is 0.342. The molecule has 152 valence electrons. The first kappa shape index (κ1) is 19.5. The zero-order valence-corrected chi connectivity index (χ0v) is 16.2. The van der Waals surface area contributed by atoms with E-state index < -0.39 is 17.9 Å². The summed E-state index contributed by atoms with van der Waals surface area (Å²) < 4.78 is 18.8. The van der Waals surface area contributed by atoms with E-state index in [1.807, 2.05) is 31.2 Å². The van der Waals surface area contributed by atoms with Crippen LogP contribution in [-0.4, -0.2) is 31.2 Å². The number of aryl methyl sites for hydroxylation is 1. The first-order valence-corrected chi connectivity index (χ1v) is 9.12. The normalized spacial score (nSPS) is 12.0. The van der Waals surface area contributed by atoms with Gasteiger partial charge >= 0.3 is 5.97 Å². The zero-order chi connectivity index (χ0) is 21.3. The van der Waals surface area contributed by atoms with Crippen molar-refractivity contribution in [2.24, 2.45) is 0 Å². The number of aliphatic hydroxyl groups is 1. The van der Waals surface area contributed by atoms with Gasteiger partial charge in [-0.05, 0) is 36.8 Å². The number of H-pyrrole nitrogens is 1. The highest BCUT2D eigenvalue weighted by Crippen LogP contribution is 2.29. The van der Waals surface area contributed by atoms with Crippen LogP contribution < -0.4 is 10.1 Å². The van der Waals surface area contributed by atoms with Gasteiger partial charge in [0.15, 0.2) is 23.2 Å². The van der Waals surface area contributed by atoms with Gasteiger partial charge in [0.25, 0.3) is 0 Å². The maximum atomic E-state index is 13.9. The van der Waals surface area contributed by atoms with Gasteiger partial charge in [0.1, 0.15) is 11.9 Å². The molecule has 2 aromatic carbocycles. The smallest absolute Gasteiger partial charge is 0.308 e. The molecular formula is C21H18FN5O3. The van der Waals surface area contributed by atoms with Crippen LogP contribution in [0, 0.1) is 12.7 Å². The molecule has 0 aliphatic heterocycles. The Morgan fingerprint density at radius 2 is 2.00 bits per heavy atom. The molecule has 3 N–H and O–H groups in total. The monoisotopic (exact) mass is 407 g/mol. The van der Waals surface area contributed by atoms with Gasteiger partial charge in [-0.2, -0.15) is 5.10 Å². The molecule has 4 rings (SSSR count). The molecule has 0 saturated carbocycles. The molecule has 0 aliphatic carbocycles. The minimum absolute atomic E-state index is 0.101. The number of benzene rings is 2. The number of hydrogen-bond donors (Lipinski definition) is 3. The van der Waals surface area contributed by atoms with Gasteiger partial charge in [0.2, 0.25) is 0 Å². The molecule has 30 heavy (non-hydrogen) atoms. The van der Waals surface area contributed by atoms with Crippen molar-refractivity contribution in [3.8, 4) is 5.75 Å². The minimum Gasteiger partial charge on any atom is -0.424 e. The number of nitrogens with zero attached hydrogens (tertiary/aromatic N) is 3. The highest BCUT2D eigenvalue weighted by Gasteiger charge is 2.19. The van der Waals surface area contributed by atoms with Gasteiger partial charge in [0.05, 0.1) is 5.52 Å². The van der Waals surface area contributed by atoms with Gasteiger partial charge in [-0.15, -0.1) is 0 Å². The number of aromatic nitrogens is 4. The summed E-state index contributed by atoms with van der Waals surface area (Å²) in [4.78, 5) is 20.1. The van der Waals surface area contributed by atoms with Crippen LogP contribution in [0.3, 0.4) is 0 Å². The van der Waals surface area contributed by atoms with Crippen LogP contribution in [0.1, 0.15) is 30.1 Å². The lowest BCUT2D eigenvalue weighted by atomic mass is 10.1. The van der Waals surface area contributed by atoms with E-state index in [0.717, 1.165) is 17.1 Å². The molecule has 2 heterocycles. The van der Waals surface area contributed by atoms with Gasteiger partial charge in [0, 0.05) is 24.1 Å². The summed E-state index contributed by atoms with van der Waals surface area (Å²) in [6.45, 7) is 3.05. The summed E-state index contributed by atoms with van der Waals surface area (Å²) in [6.07, 6.45) is -1.27. The van der Waals surface area contributed by atoms with Crippen LogP contribution >= 0.6 is 0 Å². The number of hydrogen-bond acceptors (Lipinski definition) is 7. The third-order valence-electron chi connectivity index (χ3n) is 4.34. The fraction of sp³-hybridized carbons (Fsp3) is 0.143. The van der Waals surface area contributed by atoms with Gasteiger partial charge < -0.3 is 15.2 Å². The number of fused-ring (bicyclic) bond motifs is 1. The Morgan fingerprint density at radius 1 is 1.20 bits per heavy atom. The van der Waals surface area contributed by atoms with Crippen molar-refractivity contribution in [2.75, 3.05) is 5.32 Å². The molecule has 0 fully saturated rings. The predicted molar refractivity (Wildman–Crippen MR) is 108 cm³/mol.